The van der Waals surface area contributed by atoms with Gasteiger partial charge in [-0.3, -0.25) is 0 Å². The van der Waals surface area contributed by atoms with Gasteiger partial charge in [0, 0.05) is 24.2 Å². The van der Waals surface area contributed by atoms with Crippen molar-refractivity contribution in [1.29, 1.82) is 0 Å². The van der Waals surface area contributed by atoms with Gasteiger partial charge in [-0.2, -0.15) is 4.31 Å². The topological polar surface area (TPSA) is 84.9 Å². The maximum Gasteiger partial charge on any atom is 0.328 e. The number of carbonyl (C=O) groups is 1. The van der Waals surface area contributed by atoms with Gasteiger partial charge in [-0.25, -0.2) is 22.0 Å². The summed E-state index contributed by atoms with van der Waals surface area (Å²) >= 11 is 5.79. The van der Waals surface area contributed by atoms with E-state index in [4.69, 9.17) is 21.1 Å². The SMILES string of the molecule is CCOC(=O)C12CCC(CNC1)N2S(=O)(=O)c1cc(F)c(Oc2ccc(Cl)cc2)c(F)c1. The van der Waals surface area contributed by atoms with Crippen molar-refractivity contribution in [1.82, 2.24) is 9.62 Å². The van der Waals surface area contributed by atoms with Gasteiger partial charge in [0.1, 0.15) is 11.3 Å². The third kappa shape index (κ3) is 3.85. The maximum atomic E-state index is 14.8. The molecule has 0 amide bonds. The van der Waals surface area contributed by atoms with Crippen molar-refractivity contribution in [2.24, 2.45) is 0 Å². The molecule has 0 saturated carbocycles. The summed E-state index contributed by atoms with van der Waals surface area (Å²) in [4.78, 5) is 12.1. The van der Waals surface area contributed by atoms with Crippen molar-refractivity contribution in [2.45, 2.75) is 36.2 Å². The lowest BCUT2D eigenvalue weighted by Gasteiger charge is -2.41. The molecule has 172 valence electrons. The number of rotatable bonds is 6. The van der Waals surface area contributed by atoms with Crippen LogP contribution >= 0.6 is 11.6 Å². The highest BCUT2D eigenvalue weighted by Gasteiger charge is 2.60. The first-order chi connectivity index (χ1) is 15.2. The Morgan fingerprint density at radius 3 is 2.53 bits per heavy atom. The van der Waals surface area contributed by atoms with Crippen LogP contribution in [0.2, 0.25) is 5.02 Å². The van der Waals surface area contributed by atoms with E-state index in [0.717, 1.165) is 4.31 Å². The largest absolute Gasteiger partial charge is 0.465 e. The molecule has 7 nitrogen and oxygen atoms in total. The molecule has 2 aromatic rings. The van der Waals surface area contributed by atoms with Gasteiger partial charge in [0.05, 0.1) is 11.5 Å². The summed E-state index contributed by atoms with van der Waals surface area (Å²) in [5.74, 6) is -3.67. The number of benzene rings is 2. The average Bonchev–Trinajstić information content (AvgIpc) is 3.00. The van der Waals surface area contributed by atoms with Crippen LogP contribution in [-0.4, -0.2) is 50.0 Å². The molecule has 4 rings (SSSR count). The van der Waals surface area contributed by atoms with Crippen molar-refractivity contribution in [3.8, 4) is 11.5 Å². The second kappa shape index (κ2) is 8.58. The van der Waals surface area contributed by atoms with Gasteiger partial charge in [0.25, 0.3) is 0 Å². The lowest BCUT2D eigenvalue weighted by molar-refractivity contribution is -0.154. The lowest BCUT2D eigenvalue weighted by atomic mass is 9.98. The summed E-state index contributed by atoms with van der Waals surface area (Å²) in [7, 11) is -4.42. The fraction of sp³-hybridized carbons (Fsp3) is 0.381. The van der Waals surface area contributed by atoms with E-state index in [2.05, 4.69) is 5.32 Å². The molecule has 2 unspecified atom stereocenters. The molecule has 0 aliphatic carbocycles. The predicted molar refractivity (Wildman–Crippen MR) is 112 cm³/mol. The molecule has 2 bridgehead atoms. The van der Waals surface area contributed by atoms with E-state index in [1.165, 1.54) is 24.3 Å². The minimum atomic E-state index is -4.42. The van der Waals surface area contributed by atoms with E-state index in [9.17, 15) is 22.0 Å². The fourth-order valence-corrected chi connectivity index (χ4v) is 6.37. The summed E-state index contributed by atoms with van der Waals surface area (Å²) < 4.78 is 68.0. The molecular formula is C21H21ClF2N2O5S. The summed E-state index contributed by atoms with van der Waals surface area (Å²) in [6.45, 7) is 2.09. The minimum Gasteiger partial charge on any atom is -0.465 e. The normalized spacial score (nSPS) is 23.2. The molecule has 2 aliphatic heterocycles. The fourth-order valence-electron chi connectivity index (χ4n) is 4.25. The number of halogens is 3. The molecule has 2 heterocycles. The Labute approximate surface area is 189 Å². The van der Waals surface area contributed by atoms with E-state index in [1.807, 2.05) is 0 Å². The Morgan fingerprint density at radius 1 is 1.25 bits per heavy atom. The van der Waals surface area contributed by atoms with Crippen LogP contribution in [0.1, 0.15) is 19.8 Å². The molecule has 2 atom stereocenters. The highest BCUT2D eigenvalue weighted by atomic mass is 35.5. The second-order valence-corrected chi connectivity index (χ2v) is 9.90. The number of piperazine rings is 1. The summed E-state index contributed by atoms with van der Waals surface area (Å²) in [6, 6.07) is 6.68. The Balaban J connectivity index is 1.71. The van der Waals surface area contributed by atoms with Gasteiger partial charge in [-0.1, -0.05) is 11.6 Å². The van der Waals surface area contributed by atoms with Gasteiger partial charge in [-0.05, 0) is 56.2 Å². The number of esters is 1. The number of nitrogens with zero attached hydrogens (tertiary/aromatic N) is 1. The standard InChI is InChI=1S/C21H21ClF2N2O5S/c1-2-30-20(27)21-8-7-14(11-25-12-21)26(21)32(28,29)16-9-17(23)19(18(24)10-16)31-15-5-3-13(22)4-6-15/h3-6,9-10,14,25H,2,7-8,11-12H2,1H3. The highest BCUT2D eigenvalue weighted by molar-refractivity contribution is 7.89. The van der Waals surface area contributed by atoms with E-state index < -0.39 is 49.9 Å². The van der Waals surface area contributed by atoms with Gasteiger partial charge in [0.2, 0.25) is 10.0 Å². The number of carbonyl (C=O) groups excluding carboxylic acids is 1. The quantitative estimate of drug-likeness (QED) is 0.629. The summed E-state index contributed by atoms with van der Waals surface area (Å²) in [5.41, 5.74) is -1.46. The molecule has 0 radical (unpaired) electrons. The van der Waals surface area contributed by atoms with Crippen LogP contribution in [-0.2, 0) is 19.6 Å². The molecule has 2 saturated heterocycles. The third-order valence-electron chi connectivity index (χ3n) is 5.66. The molecular weight excluding hydrogens is 466 g/mol. The van der Waals surface area contributed by atoms with Crippen LogP contribution in [0, 0.1) is 11.6 Å². The van der Waals surface area contributed by atoms with E-state index in [0.29, 0.717) is 30.1 Å². The number of sulfonamides is 1. The minimum absolute atomic E-state index is 0.0598. The highest BCUT2D eigenvalue weighted by Crippen LogP contribution is 2.42. The molecule has 0 aromatic heterocycles. The van der Waals surface area contributed by atoms with Crippen molar-refractivity contribution in [2.75, 3.05) is 19.7 Å². The van der Waals surface area contributed by atoms with Crippen LogP contribution in [0.4, 0.5) is 8.78 Å². The second-order valence-electron chi connectivity index (χ2n) is 7.65. The average molecular weight is 487 g/mol. The monoisotopic (exact) mass is 486 g/mol. The number of nitrogens with one attached hydrogen (secondary N) is 1. The number of ether oxygens (including phenoxy) is 2. The van der Waals surface area contributed by atoms with Gasteiger partial charge in [-0.15, -0.1) is 0 Å². The van der Waals surface area contributed by atoms with Crippen LogP contribution in [0.15, 0.2) is 41.3 Å². The number of hydrogen-bond donors (Lipinski definition) is 1. The zero-order valence-corrected chi connectivity index (χ0v) is 18.7. The first-order valence-electron chi connectivity index (χ1n) is 10.0. The van der Waals surface area contributed by atoms with E-state index in [1.54, 1.807) is 6.92 Å². The molecule has 1 N–H and O–H groups in total. The predicted octanol–water partition coefficient (Wildman–Crippen LogP) is 3.47. The summed E-state index contributed by atoms with van der Waals surface area (Å²) in [6.07, 6.45) is 0.680. The zero-order valence-electron chi connectivity index (χ0n) is 17.1. The Hall–Kier alpha value is -2.27. The third-order valence-corrected chi connectivity index (χ3v) is 7.91. The van der Waals surface area contributed by atoms with Crippen molar-refractivity contribution < 1.29 is 31.5 Å². The Bertz CT molecular complexity index is 1120. The molecule has 2 fully saturated rings. The smallest absolute Gasteiger partial charge is 0.328 e. The van der Waals surface area contributed by atoms with Crippen molar-refractivity contribution in [3.05, 3.63) is 53.1 Å². The van der Waals surface area contributed by atoms with Crippen molar-refractivity contribution in [3.63, 3.8) is 0 Å². The molecule has 2 aromatic carbocycles. The van der Waals surface area contributed by atoms with Gasteiger partial charge in [0.15, 0.2) is 17.4 Å². The van der Waals surface area contributed by atoms with Crippen LogP contribution in [0.25, 0.3) is 0 Å². The molecule has 2 aliphatic rings. The van der Waals surface area contributed by atoms with Gasteiger partial charge >= 0.3 is 5.97 Å². The first-order valence-corrected chi connectivity index (χ1v) is 11.9. The first kappa shape index (κ1) is 22.9. The lowest BCUT2D eigenvalue weighted by Crippen LogP contribution is -2.66. The Morgan fingerprint density at radius 2 is 1.91 bits per heavy atom. The van der Waals surface area contributed by atoms with Crippen LogP contribution in [0.3, 0.4) is 0 Å². The van der Waals surface area contributed by atoms with Crippen molar-refractivity contribution >= 4 is 27.6 Å². The zero-order chi connectivity index (χ0) is 23.1. The molecule has 32 heavy (non-hydrogen) atoms. The summed E-state index contributed by atoms with van der Waals surface area (Å²) in [5, 5.41) is 3.48. The number of fused-ring (bicyclic) bond motifs is 2. The number of hydrogen-bond acceptors (Lipinski definition) is 6. The van der Waals surface area contributed by atoms with E-state index in [-0.39, 0.29) is 25.3 Å². The molecule has 11 heteroatoms. The van der Waals surface area contributed by atoms with Gasteiger partial charge < -0.3 is 14.8 Å². The molecule has 0 spiro atoms. The van der Waals surface area contributed by atoms with Crippen LogP contribution < -0.4 is 10.1 Å². The van der Waals surface area contributed by atoms with Crippen LogP contribution in [0.5, 0.6) is 11.5 Å². The van der Waals surface area contributed by atoms with E-state index >= 15 is 0 Å². The Kier molecular flexibility index (Phi) is 6.15. The maximum absolute atomic E-state index is 14.8.